The van der Waals surface area contributed by atoms with E-state index in [-0.39, 0.29) is 0 Å². The highest BCUT2D eigenvalue weighted by atomic mass is 16.3. The predicted molar refractivity (Wildman–Crippen MR) is 42.7 cm³/mol. The molecule has 1 unspecified atom stereocenters. The predicted octanol–water partition coefficient (Wildman–Crippen LogP) is 1.97. The van der Waals surface area contributed by atoms with Crippen LogP contribution in [0.5, 0.6) is 0 Å². The highest BCUT2D eigenvalue weighted by Crippen LogP contribution is 2.31. The summed E-state index contributed by atoms with van der Waals surface area (Å²) in [7, 11) is 0. The van der Waals surface area contributed by atoms with Crippen LogP contribution in [0.3, 0.4) is 0 Å². The molecule has 1 N–H and O–H groups in total. The van der Waals surface area contributed by atoms with E-state index in [1.807, 2.05) is 0 Å². The van der Waals surface area contributed by atoms with Gasteiger partial charge in [-0.05, 0) is 24.2 Å². The maximum absolute atomic E-state index is 8.81. The molecule has 1 rings (SSSR count). The van der Waals surface area contributed by atoms with Crippen LogP contribution in [-0.2, 0) is 0 Å². The summed E-state index contributed by atoms with van der Waals surface area (Å²) in [6.07, 6.45) is 6.70. The smallest absolute Gasteiger partial charge is 0.0493 e. The zero-order chi connectivity index (χ0) is 7.61. The van der Waals surface area contributed by atoms with Crippen molar-refractivity contribution in [3.63, 3.8) is 0 Å². The van der Waals surface area contributed by atoms with Gasteiger partial charge in [0, 0.05) is 6.61 Å². The molecule has 1 aliphatic rings. The standard InChI is InChI=1S/C9H16O/c1-9(2)5-3-8(7-10)4-6-9/h3,5,8,10H,4,6-7H2,1-2H3. The second-order valence-electron chi connectivity index (χ2n) is 3.83. The molecule has 0 spiro atoms. The Hall–Kier alpha value is -0.300. The summed E-state index contributed by atoms with van der Waals surface area (Å²) < 4.78 is 0. The second kappa shape index (κ2) is 2.75. The van der Waals surface area contributed by atoms with Crippen LogP contribution in [0, 0.1) is 11.3 Å². The Morgan fingerprint density at radius 2 is 2.30 bits per heavy atom. The molecule has 1 aliphatic carbocycles. The first kappa shape index (κ1) is 7.80. The van der Waals surface area contributed by atoms with Crippen LogP contribution in [0.25, 0.3) is 0 Å². The van der Waals surface area contributed by atoms with Gasteiger partial charge in [0.1, 0.15) is 0 Å². The van der Waals surface area contributed by atoms with Gasteiger partial charge in [-0.1, -0.05) is 26.0 Å². The van der Waals surface area contributed by atoms with Crippen LogP contribution < -0.4 is 0 Å². The third-order valence-electron chi connectivity index (χ3n) is 2.21. The van der Waals surface area contributed by atoms with Gasteiger partial charge in [0.15, 0.2) is 0 Å². The van der Waals surface area contributed by atoms with Gasteiger partial charge in [0.2, 0.25) is 0 Å². The minimum absolute atomic E-state index is 0.312. The summed E-state index contributed by atoms with van der Waals surface area (Å²) in [5, 5.41) is 8.81. The minimum Gasteiger partial charge on any atom is -0.396 e. The molecule has 1 atom stereocenters. The first-order valence-electron chi connectivity index (χ1n) is 3.94. The first-order valence-corrected chi connectivity index (χ1v) is 3.94. The zero-order valence-electron chi connectivity index (χ0n) is 6.80. The Labute approximate surface area is 62.8 Å². The third-order valence-corrected chi connectivity index (χ3v) is 2.21. The van der Waals surface area contributed by atoms with E-state index < -0.39 is 0 Å². The lowest BCUT2D eigenvalue weighted by Gasteiger charge is -2.27. The number of allylic oxidation sites excluding steroid dienone is 1. The van der Waals surface area contributed by atoms with Crippen LogP contribution in [0.1, 0.15) is 26.7 Å². The first-order chi connectivity index (χ1) is 4.64. The van der Waals surface area contributed by atoms with Gasteiger partial charge < -0.3 is 5.11 Å². The Morgan fingerprint density at radius 3 is 2.70 bits per heavy atom. The highest BCUT2D eigenvalue weighted by Gasteiger charge is 2.20. The van der Waals surface area contributed by atoms with Crippen molar-refractivity contribution in [1.29, 1.82) is 0 Å². The Kier molecular flexibility index (Phi) is 2.14. The molecular formula is C9H16O. The van der Waals surface area contributed by atoms with E-state index >= 15 is 0 Å². The van der Waals surface area contributed by atoms with Crippen LogP contribution >= 0.6 is 0 Å². The van der Waals surface area contributed by atoms with Crippen molar-refractivity contribution in [2.75, 3.05) is 6.61 Å². The van der Waals surface area contributed by atoms with Gasteiger partial charge in [-0.2, -0.15) is 0 Å². The van der Waals surface area contributed by atoms with Crippen molar-refractivity contribution in [2.45, 2.75) is 26.7 Å². The van der Waals surface area contributed by atoms with Crippen molar-refractivity contribution in [2.24, 2.45) is 11.3 Å². The van der Waals surface area contributed by atoms with E-state index in [0.29, 0.717) is 17.9 Å². The molecule has 0 aromatic rings. The van der Waals surface area contributed by atoms with Gasteiger partial charge >= 0.3 is 0 Å². The van der Waals surface area contributed by atoms with Crippen molar-refractivity contribution in [1.82, 2.24) is 0 Å². The van der Waals surface area contributed by atoms with Crippen molar-refractivity contribution in [3.8, 4) is 0 Å². The summed E-state index contributed by atoms with van der Waals surface area (Å²) >= 11 is 0. The Balaban J connectivity index is 2.52. The highest BCUT2D eigenvalue weighted by molar-refractivity contribution is 5.02. The summed E-state index contributed by atoms with van der Waals surface area (Å²) in [5.41, 5.74) is 0.367. The van der Waals surface area contributed by atoms with Gasteiger partial charge in [-0.3, -0.25) is 0 Å². The molecule has 0 saturated carbocycles. The lowest BCUT2D eigenvalue weighted by molar-refractivity contribution is 0.223. The topological polar surface area (TPSA) is 20.2 Å². The number of hydrogen-bond donors (Lipinski definition) is 1. The van der Waals surface area contributed by atoms with E-state index in [2.05, 4.69) is 26.0 Å². The average molecular weight is 140 g/mol. The molecule has 0 aliphatic heterocycles. The molecule has 0 heterocycles. The molecule has 0 aromatic carbocycles. The minimum atomic E-state index is 0.312. The summed E-state index contributed by atoms with van der Waals surface area (Å²) in [6.45, 7) is 4.78. The maximum atomic E-state index is 8.81. The molecule has 0 saturated heterocycles. The molecule has 0 amide bonds. The monoisotopic (exact) mass is 140 g/mol. The molecule has 0 radical (unpaired) electrons. The fraction of sp³-hybridized carbons (Fsp3) is 0.778. The van der Waals surface area contributed by atoms with Gasteiger partial charge in [-0.15, -0.1) is 0 Å². The maximum Gasteiger partial charge on any atom is 0.0493 e. The second-order valence-corrected chi connectivity index (χ2v) is 3.83. The van der Waals surface area contributed by atoms with E-state index in [1.165, 1.54) is 6.42 Å². The van der Waals surface area contributed by atoms with Crippen molar-refractivity contribution < 1.29 is 5.11 Å². The largest absolute Gasteiger partial charge is 0.396 e. The van der Waals surface area contributed by atoms with E-state index in [9.17, 15) is 0 Å². The quantitative estimate of drug-likeness (QED) is 0.552. The number of hydrogen-bond acceptors (Lipinski definition) is 1. The summed E-state index contributed by atoms with van der Waals surface area (Å²) in [5.74, 6) is 0.424. The normalized spacial score (nSPS) is 30.5. The summed E-state index contributed by atoms with van der Waals surface area (Å²) in [4.78, 5) is 0. The lowest BCUT2D eigenvalue weighted by atomic mass is 9.79. The van der Waals surface area contributed by atoms with Crippen molar-refractivity contribution in [3.05, 3.63) is 12.2 Å². The molecule has 0 bridgehead atoms. The van der Waals surface area contributed by atoms with Gasteiger partial charge in [-0.25, -0.2) is 0 Å². The van der Waals surface area contributed by atoms with Gasteiger partial charge in [0.25, 0.3) is 0 Å². The SMILES string of the molecule is CC1(C)C=CC(CO)CC1. The van der Waals surface area contributed by atoms with Crippen LogP contribution in [0.4, 0.5) is 0 Å². The average Bonchev–Trinajstić information content (AvgIpc) is 1.88. The van der Waals surface area contributed by atoms with Crippen LogP contribution in [0.15, 0.2) is 12.2 Å². The molecule has 1 heteroatoms. The fourth-order valence-electron chi connectivity index (χ4n) is 1.29. The molecular weight excluding hydrogens is 124 g/mol. The Morgan fingerprint density at radius 1 is 1.60 bits per heavy atom. The molecule has 0 aromatic heterocycles. The molecule has 58 valence electrons. The van der Waals surface area contributed by atoms with Crippen LogP contribution in [0.2, 0.25) is 0 Å². The number of aliphatic hydroxyl groups excluding tert-OH is 1. The molecule has 1 nitrogen and oxygen atoms in total. The van der Waals surface area contributed by atoms with Crippen LogP contribution in [-0.4, -0.2) is 11.7 Å². The zero-order valence-corrected chi connectivity index (χ0v) is 6.80. The number of aliphatic hydroxyl groups is 1. The van der Waals surface area contributed by atoms with Crippen molar-refractivity contribution >= 4 is 0 Å². The fourth-order valence-corrected chi connectivity index (χ4v) is 1.29. The summed E-state index contributed by atoms with van der Waals surface area (Å²) in [6, 6.07) is 0. The lowest BCUT2D eigenvalue weighted by Crippen LogP contribution is -2.17. The number of rotatable bonds is 1. The van der Waals surface area contributed by atoms with E-state index in [0.717, 1.165) is 6.42 Å². The molecule has 10 heavy (non-hydrogen) atoms. The molecule has 0 fully saturated rings. The van der Waals surface area contributed by atoms with E-state index in [1.54, 1.807) is 0 Å². The Bertz CT molecular complexity index is 136. The van der Waals surface area contributed by atoms with E-state index in [4.69, 9.17) is 5.11 Å². The van der Waals surface area contributed by atoms with Gasteiger partial charge in [0.05, 0.1) is 0 Å². The third kappa shape index (κ3) is 1.84.